The fourth-order valence-electron chi connectivity index (χ4n) is 2.43. The first-order valence-electron chi connectivity index (χ1n) is 6.39. The number of fused-ring (bicyclic) bond motifs is 1. The van der Waals surface area contributed by atoms with Gasteiger partial charge in [0.15, 0.2) is 0 Å². The van der Waals surface area contributed by atoms with Crippen LogP contribution in [0.2, 0.25) is 0 Å². The molecule has 1 unspecified atom stereocenters. The van der Waals surface area contributed by atoms with Crippen LogP contribution in [-0.2, 0) is 6.42 Å². The number of benzene rings is 1. The highest BCUT2D eigenvalue weighted by Crippen LogP contribution is 2.32. The molecule has 1 aliphatic rings. The van der Waals surface area contributed by atoms with Gasteiger partial charge in [-0.1, -0.05) is 12.1 Å². The van der Waals surface area contributed by atoms with Crippen molar-refractivity contribution in [2.45, 2.75) is 31.7 Å². The molecule has 2 heteroatoms. The molecule has 1 N–H and O–H groups in total. The van der Waals surface area contributed by atoms with Crippen LogP contribution >= 0.6 is 0 Å². The molecule has 0 aliphatic heterocycles. The second-order valence-corrected chi connectivity index (χ2v) is 4.52. The van der Waals surface area contributed by atoms with E-state index >= 15 is 0 Å². The molecule has 0 aromatic heterocycles. The van der Waals surface area contributed by atoms with Crippen LogP contribution in [0, 0.1) is 0 Å². The molecular weight excluding hydrogens is 210 g/mol. The van der Waals surface area contributed by atoms with E-state index in [4.69, 9.17) is 4.74 Å². The molecule has 1 atom stereocenters. The molecule has 92 valence electrons. The Labute approximate surface area is 104 Å². The van der Waals surface area contributed by atoms with Crippen molar-refractivity contribution in [2.75, 3.05) is 13.7 Å². The van der Waals surface area contributed by atoms with Gasteiger partial charge in [0.05, 0.1) is 6.61 Å². The van der Waals surface area contributed by atoms with Crippen molar-refractivity contribution in [1.29, 1.82) is 0 Å². The highest BCUT2D eigenvalue weighted by Gasteiger charge is 2.18. The summed E-state index contributed by atoms with van der Waals surface area (Å²) in [5, 5.41) is 3.38. The maximum atomic E-state index is 5.71. The van der Waals surface area contributed by atoms with E-state index in [1.54, 1.807) is 0 Å². The van der Waals surface area contributed by atoms with Crippen molar-refractivity contribution in [3.05, 3.63) is 42.0 Å². The van der Waals surface area contributed by atoms with Gasteiger partial charge in [-0.3, -0.25) is 0 Å². The Morgan fingerprint density at radius 3 is 3.18 bits per heavy atom. The molecule has 0 saturated carbocycles. The maximum Gasteiger partial charge on any atom is 0.119 e. The summed E-state index contributed by atoms with van der Waals surface area (Å²) >= 11 is 0. The van der Waals surface area contributed by atoms with Crippen molar-refractivity contribution in [1.82, 2.24) is 5.32 Å². The lowest BCUT2D eigenvalue weighted by Crippen LogP contribution is -2.21. The lowest BCUT2D eigenvalue weighted by molar-refractivity contribution is 0.323. The molecule has 0 heterocycles. The third-order valence-corrected chi connectivity index (χ3v) is 3.37. The maximum absolute atomic E-state index is 5.71. The summed E-state index contributed by atoms with van der Waals surface area (Å²) < 4.78 is 5.71. The van der Waals surface area contributed by atoms with E-state index < -0.39 is 0 Å². The molecule has 17 heavy (non-hydrogen) atoms. The number of hydrogen-bond donors (Lipinski definition) is 1. The van der Waals surface area contributed by atoms with Crippen LogP contribution in [0.25, 0.3) is 0 Å². The summed E-state index contributed by atoms with van der Waals surface area (Å²) in [7, 11) is 2.03. The zero-order chi connectivity index (χ0) is 12.1. The molecule has 2 nitrogen and oxygen atoms in total. The molecule has 0 bridgehead atoms. The summed E-state index contributed by atoms with van der Waals surface area (Å²) in [4.78, 5) is 0. The second-order valence-electron chi connectivity index (χ2n) is 4.52. The van der Waals surface area contributed by atoms with E-state index in [1.807, 2.05) is 13.1 Å². The third kappa shape index (κ3) is 2.89. The highest BCUT2D eigenvalue weighted by molar-refractivity contribution is 5.39. The Balaban J connectivity index is 2.13. The van der Waals surface area contributed by atoms with Crippen molar-refractivity contribution in [3.8, 4) is 5.75 Å². The summed E-state index contributed by atoms with van der Waals surface area (Å²) in [6.07, 6.45) is 6.47. The van der Waals surface area contributed by atoms with Gasteiger partial charge in [-0.2, -0.15) is 0 Å². The van der Waals surface area contributed by atoms with E-state index in [-0.39, 0.29) is 0 Å². The molecule has 2 rings (SSSR count). The van der Waals surface area contributed by atoms with Gasteiger partial charge >= 0.3 is 0 Å². The van der Waals surface area contributed by atoms with Gasteiger partial charge in [0.25, 0.3) is 0 Å². The van der Waals surface area contributed by atoms with Gasteiger partial charge in [0, 0.05) is 6.04 Å². The first kappa shape index (κ1) is 12.2. The van der Waals surface area contributed by atoms with Gasteiger partial charge in [0.1, 0.15) is 5.75 Å². The van der Waals surface area contributed by atoms with Gasteiger partial charge in [-0.05, 0) is 56.0 Å². The van der Waals surface area contributed by atoms with Gasteiger partial charge in [-0.25, -0.2) is 0 Å². The average molecular weight is 231 g/mol. The minimum atomic E-state index is 0.488. The molecular formula is C15H21NO. The van der Waals surface area contributed by atoms with Crippen LogP contribution in [0.1, 0.15) is 36.4 Å². The standard InChI is InChI=1S/C15H21NO/c1-3-4-10-17-13-9-8-12-6-5-7-15(16-2)14(12)11-13/h3,8-9,11,15-16H,1,4-7,10H2,2H3. The van der Waals surface area contributed by atoms with Crippen molar-refractivity contribution in [2.24, 2.45) is 0 Å². The Bertz CT molecular complexity index is 387. The quantitative estimate of drug-likeness (QED) is 0.620. The van der Waals surface area contributed by atoms with E-state index in [0.29, 0.717) is 12.6 Å². The molecule has 1 aromatic rings. The van der Waals surface area contributed by atoms with Crippen LogP contribution in [0.5, 0.6) is 5.75 Å². The minimum absolute atomic E-state index is 0.488. The predicted molar refractivity (Wildman–Crippen MR) is 71.5 cm³/mol. The molecule has 1 aliphatic carbocycles. The molecule has 0 amide bonds. The first-order valence-corrected chi connectivity index (χ1v) is 6.39. The Hall–Kier alpha value is -1.28. The normalized spacial score (nSPS) is 18.5. The molecule has 0 radical (unpaired) electrons. The second kappa shape index (κ2) is 5.87. The Morgan fingerprint density at radius 2 is 2.41 bits per heavy atom. The zero-order valence-corrected chi connectivity index (χ0v) is 10.5. The Kier molecular flexibility index (Phi) is 4.21. The predicted octanol–water partition coefficient (Wildman–Crippen LogP) is 3.24. The number of ether oxygens (including phenoxy) is 1. The first-order chi connectivity index (χ1) is 8.35. The lowest BCUT2D eigenvalue weighted by Gasteiger charge is -2.25. The van der Waals surface area contributed by atoms with Crippen molar-refractivity contribution < 1.29 is 4.74 Å². The number of aryl methyl sites for hydroxylation is 1. The summed E-state index contributed by atoms with van der Waals surface area (Å²) in [6, 6.07) is 6.97. The van der Waals surface area contributed by atoms with Crippen LogP contribution < -0.4 is 10.1 Å². The van der Waals surface area contributed by atoms with E-state index in [9.17, 15) is 0 Å². The lowest BCUT2D eigenvalue weighted by atomic mass is 9.87. The van der Waals surface area contributed by atoms with Gasteiger partial charge in [-0.15, -0.1) is 6.58 Å². The number of rotatable bonds is 5. The monoisotopic (exact) mass is 231 g/mol. The van der Waals surface area contributed by atoms with Crippen molar-refractivity contribution >= 4 is 0 Å². The van der Waals surface area contributed by atoms with Crippen LogP contribution in [-0.4, -0.2) is 13.7 Å². The average Bonchev–Trinajstić information content (AvgIpc) is 2.38. The summed E-state index contributed by atoms with van der Waals surface area (Å²) in [5.41, 5.74) is 2.88. The summed E-state index contributed by atoms with van der Waals surface area (Å²) in [5.74, 6) is 0.979. The van der Waals surface area contributed by atoms with Crippen molar-refractivity contribution in [3.63, 3.8) is 0 Å². The van der Waals surface area contributed by atoms with Crippen LogP contribution in [0.15, 0.2) is 30.9 Å². The van der Waals surface area contributed by atoms with E-state index in [2.05, 4.69) is 30.1 Å². The smallest absolute Gasteiger partial charge is 0.119 e. The summed E-state index contributed by atoms with van der Waals surface area (Å²) in [6.45, 7) is 4.41. The van der Waals surface area contributed by atoms with Crippen LogP contribution in [0.4, 0.5) is 0 Å². The molecule has 0 saturated heterocycles. The topological polar surface area (TPSA) is 21.3 Å². The third-order valence-electron chi connectivity index (χ3n) is 3.37. The molecule has 1 aromatic carbocycles. The Morgan fingerprint density at radius 1 is 1.53 bits per heavy atom. The SMILES string of the molecule is C=CCCOc1ccc2c(c1)C(NC)CCC2. The minimum Gasteiger partial charge on any atom is -0.493 e. The van der Waals surface area contributed by atoms with Crippen LogP contribution in [0.3, 0.4) is 0 Å². The zero-order valence-electron chi connectivity index (χ0n) is 10.5. The van der Waals surface area contributed by atoms with Gasteiger partial charge < -0.3 is 10.1 Å². The highest BCUT2D eigenvalue weighted by atomic mass is 16.5. The van der Waals surface area contributed by atoms with E-state index in [1.165, 1.54) is 30.4 Å². The fraction of sp³-hybridized carbons (Fsp3) is 0.467. The van der Waals surface area contributed by atoms with Gasteiger partial charge in [0.2, 0.25) is 0 Å². The molecule has 0 spiro atoms. The molecule has 0 fully saturated rings. The number of nitrogens with one attached hydrogen (secondary N) is 1. The van der Waals surface area contributed by atoms with E-state index in [0.717, 1.165) is 12.2 Å². The fourth-order valence-corrected chi connectivity index (χ4v) is 2.43. The largest absolute Gasteiger partial charge is 0.493 e. The number of hydrogen-bond acceptors (Lipinski definition) is 2.